The average molecular weight is 535 g/mol. The lowest BCUT2D eigenvalue weighted by Gasteiger charge is -2.27. The predicted octanol–water partition coefficient (Wildman–Crippen LogP) is 7.65. The lowest BCUT2D eigenvalue weighted by atomic mass is 9.78. The maximum Gasteiger partial charge on any atom is 0.282 e. The number of benzene rings is 3. The number of phenols is 1. The molecule has 0 saturated heterocycles. The number of likely N-dealkylation sites (N-methyl/N-ethyl adjacent to an activating group) is 1. The maximum atomic E-state index is 11.7. The third kappa shape index (κ3) is 5.46. The van der Waals surface area contributed by atoms with E-state index < -0.39 is 0 Å². The molecule has 0 aliphatic carbocycles. The molecule has 0 amide bonds. The number of phenolic OH excluding ortho intramolecular Hbond substituents is 1. The standard InChI is InChI=1S/C35H39N3O2/c1-34(2,3)25-21-27(32(39)28(22-25)35(4,5)6)33-37-30(31(38(33)7)23-14-9-8-10-15-23)24-16-13-17-26(20-24)40-29-18-11-12-19-36-29/h8-22,30-31H,1-7H3,(H,37,39)/p+1. The number of nitrogens with zero attached hydrogens (tertiary/aromatic N) is 2. The number of ether oxygens (including phenoxy) is 1. The molecule has 1 aromatic heterocycles. The molecule has 0 saturated carbocycles. The molecule has 0 bridgehead atoms. The Morgan fingerprint density at radius 3 is 2.15 bits per heavy atom. The van der Waals surface area contributed by atoms with Crippen LogP contribution in [0.3, 0.4) is 0 Å². The quantitative estimate of drug-likeness (QED) is 0.258. The summed E-state index contributed by atoms with van der Waals surface area (Å²) in [7, 11) is 2.11. The van der Waals surface area contributed by atoms with E-state index in [4.69, 9.17) is 4.74 Å². The Kier molecular flexibility index (Phi) is 7.17. The number of hydrogen-bond donors (Lipinski definition) is 2. The monoisotopic (exact) mass is 534 g/mol. The van der Waals surface area contributed by atoms with Gasteiger partial charge in [-0.15, -0.1) is 0 Å². The molecular formula is C35H40N3O2+. The van der Waals surface area contributed by atoms with Gasteiger partial charge in [0.25, 0.3) is 5.84 Å². The van der Waals surface area contributed by atoms with Gasteiger partial charge in [0.05, 0.1) is 7.05 Å². The first-order valence-electron chi connectivity index (χ1n) is 13.9. The van der Waals surface area contributed by atoms with Crippen LogP contribution in [0, 0.1) is 0 Å². The zero-order valence-electron chi connectivity index (χ0n) is 24.6. The molecule has 0 spiro atoms. The minimum absolute atomic E-state index is 0.00270. The van der Waals surface area contributed by atoms with Gasteiger partial charge in [-0.2, -0.15) is 0 Å². The summed E-state index contributed by atoms with van der Waals surface area (Å²) in [5, 5.41) is 15.5. The molecule has 206 valence electrons. The van der Waals surface area contributed by atoms with Crippen molar-refractivity contribution in [3.63, 3.8) is 0 Å². The number of hydrogen-bond acceptors (Lipinski definition) is 4. The molecule has 5 heteroatoms. The molecule has 2 atom stereocenters. The van der Waals surface area contributed by atoms with Crippen LogP contribution in [-0.2, 0) is 10.8 Å². The molecule has 40 heavy (non-hydrogen) atoms. The Bertz CT molecular complexity index is 1530. The highest BCUT2D eigenvalue weighted by Gasteiger charge is 2.43. The number of nitrogens with one attached hydrogen (secondary N) is 1. The van der Waals surface area contributed by atoms with Crippen molar-refractivity contribution in [3.05, 3.63) is 119 Å². The third-order valence-electron chi connectivity index (χ3n) is 7.64. The normalized spacial score (nSPS) is 17.6. The highest BCUT2D eigenvalue weighted by atomic mass is 16.5. The molecule has 5 rings (SSSR count). The van der Waals surface area contributed by atoms with Gasteiger partial charge < -0.3 is 9.84 Å². The summed E-state index contributed by atoms with van der Waals surface area (Å²) in [5.41, 5.74) is 4.95. The second-order valence-corrected chi connectivity index (χ2v) is 12.7. The zero-order chi connectivity index (χ0) is 28.7. The smallest absolute Gasteiger partial charge is 0.282 e. The lowest BCUT2D eigenvalue weighted by molar-refractivity contribution is -0.538. The van der Waals surface area contributed by atoms with Crippen molar-refractivity contribution >= 4 is 5.84 Å². The van der Waals surface area contributed by atoms with E-state index in [-0.39, 0.29) is 22.9 Å². The first kappa shape index (κ1) is 27.4. The summed E-state index contributed by atoms with van der Waals surface area (Å²) in [5.74, 6) is 2.52. The van der Waals surface area contributed by atoms with Gasteiger partial charge >= 0.3 is 0 Å². The van der Waals surface area contributed by atoms with Gasteiger partial charge in [-0.1, -0.05) is 96.1 Å². The first-order valence-corrected chi connectivity index (χ1v) is 13.9. The van der Waals surface area contributed by atoms with E-state index in [2.05, 4.69) is 112 Å². The van der Waals surface area contributed by atoms with Crippen LogP contribution in [0.1, 0.15) is 81.4 Å². The van der Waals surface area contributed by atoms with E-state index in [1.807, 2.05) is 36.4 Å². The Labute approximate surface area is 238 Å². The molecule has 1 aliphatic heterocycles. The van der Waals surface area contributed by atoms with Gasteiger partial charge in [0.15, 0.2) is 12.1 Å². The summed E-state index contributed by atoms with van der Waals surface area (Å²) < 4.78 is 8.35. The van der Waals surface area contributed by atoms with Crippen molar-refractivity contribution in [1.82, 2.24) is 10.3 Å². The summed E-state index contributed by atoms with van der Waals surface area (Å²) in [6.45, 7) is 13.1. The molecule has 5 nitrogen and oxygen atoms in total. The molecule has 1 aliphatic rings. The van der Waals surface area contributed by atoms with E-state index in [0.29, 0.717) is 11.6 Å². The minimum atomic E-state index is -0.215. The van der Waals surface area contributed by atoms with Gasteiger partial charge in [-0.25, -0.2) is 4.98 Å². The molecule has 0 fully saturated rings. The van der Waals surface area contributed by atoms with Crippen molar-refractivity contribution in [3.8, 4) is 17.4 Å². The van der Waals surface area contributed by atoms with Crippen molar-refractivity contribution in [2.45, 2.75) is 64.5 Å². The Balaban J connectivity index is 1.63. The minimum Gasteiger partial charge on any atom is -0.507 e. The summed E-state index contributed by atoms with van der Waals surface area (Å²) >= 11 is 0. The predicted molar refractivity (Wildman–Crippen MR) is 162 cm³/mol. The fraction of sp³-hybridized carbons (Fsp3) is 0.314. The molecule has 3 aromatic carbocycles. The fourth-order valence-corrected chi connectivity index (χ4v) is 5.41. The average Bonchev–Trinajstić information content (AvgIpc) is 3.25. The Morgan fingerprint density at radius 1 is 0.800 bits per heavy atom. The van der Waals surface area contributed by atoms with Crippen molar-refractivity contribution in [2.75, 3.05) is 7.05 Å². The van der Waals surface area contributed by atoms with Crippen LogP contribution in [0.25, 0.3) is 0 Å². The van der Waals surface area contributed by atoms with E-state index in [9.17, 15) is 5.11 Å². The van der Waals surface area contributed by atoms with Gasteiger partial charge in [0, 0.05) is 29.0 Å². The van der Waals surface area contributed by atoms with Crippen LogP contribution in [0.5, 0.6) is 17.4 Å². The molecule has 2 N–H and O–H groups in total. The van der Waals surface area contributed by atoms with Crippen LogP contribution in [0.4, 0.5) is 0 Å². The maximum absolute atomic E-state index is 11.7. The largest absolute Gasteiger partial charge is 0.507 e. The lowest BCUT2D eigenvalue weighted by Crippen LogP contribution is -2.27. The highest BCUT2D eigenvalue weighted by molar-refractivity contribution is 5.99. The third-order valence-corrected chi connectivity index (χ3v) is 7.64. The van der Waals surface area contributed by atoms with Crippen LogP contribution in [0.15, 0.2) is 91.1 Å². The van der Waals surface area contributed by atoms with E-state index >= 15 is 0 Å². The number of aromatic nitrogens is 1. The van der Waals surface area contributed by atoms with E-state index in [1.54, 1.807) is 6.20 Å². The number of pyridine rings is 1. The van der Waals surface area contributed by atoms with Gasteiger partial charge in [0.2, 0.25) is 5.88 Å². The second kappa shape index (κ2) is 10.5. The molecule has 2 unspecified atom stereocenters. The number of amidine groups is 1. The summed E-state index contributed by atoms with van der Waals surface area (Å²) in [6, 6.07) is 28.6. The van der Waals surface area contributed by atoms with Crippen LogP contribution >= 0.6 is 0 Å². The summed E-state index contributed by atoms with van der Waals surface area (Å²) in [4.78, 5) is 4.32. The SMILES string of the molecule is C[N+]1=C(c2cc(C(C)(C)C)cc(C(C)(C)C)c2O)NC(c2cccc(Oc3ccccn3)c2)C1c1ccccc1. The molecule has 4 aromatic rings. The Hall–Kier alpha value is -4.12. The highest BCUT2D eigenvalue weighted by Crippen LogP contribution is 2.42. The zero-order valence-corrected chi connectivity index (χ0v) is 24.6. The number of rotatable bonds is 5. The fourth-order valence-electron chi connectivity index (χ4n) is 5.41. The Morgan fingerprint density at radius 2 is 1.50 bits per heavy atom. The molecular weight excluding hydrogens is 494 g/mol. The topological polar surface area (TPSA) is 57.4 Å². The summed E-state index contributed by atoms with van der Waals surface area (Å²) in [6.07, 6.45) is 1.73. The van der Waals surface area contributed by atoms with Crippen molar-refractivity contribution < 1.29 is 14.4 Å². The van der Waals surface area contributed by atoms with E-state index in [1.165, 1.54) is 11.1 Å². The van der Waals surface area contributed by atoms with Crippen LogP contribution in [0.2, 0.25) is 0 Å². The number of aromatic hydroxyl groups is 1. The molecule has 2 heterocycles. The second-order valence-electron chi connectivity index (χ2n) is 12.7. The molecule has 0 radical (unpaired) electrons. The van der Waals surface area contributed by atoms with Gasteiger partial charge in [0.1, 0.15) is 17.1 Å². The van der Waals surface area contributed by atoms with Crippen LogP contribution < -0.4 is 10.1 Å². The van der Waals surface area contributed by atoms with Gasteiger partial charge in [-0.3, -0.25) is 9.89 Å². The van der Waals surface area contributed by atoms with Crippen LogP contribution in [-0.4, -0.2) is 27.5 Å². The van der Waals surface area contributed by atoms with Gasteiger partial charge in [-0.05, 0) is 40.7 Å². The van der Waals surface area contributed by atoms with Crippen molar-refractivity contribution in [1.29, 1.82) is 0 Å². The first-order chi connectivity index (χ1) is 18.9. The van der Waals surface area contributed by atoms with E-state index in [0.717, 1.165) is 28.3 Å². The van der Waals surface area contributed by atoms with Crippen molar-refractivity contribution in [2.24, 2.45) is 0 Å².